The summed E-state index contributed by atoms with van der Waals surface area (Å²) in [7, 11) is 0. The minimum atomic E-state index is -0.640. The molecule has 1 heterocycles. The zero-order valence-electron chi connectivity index (χ0n) is 11.8. The lowest BCUT2D eigenvalue weighted by Crippen LogP contribution is -2.59. The highest BCUT2D eigenvalue weighted by atomic mass is 16.6. The number of rotatable bonds is 4. The number of primary amides is 1. The second-order valence-electron chi connectivity index (χ2n) is 6.60. The molecule has 4 atom stereocenters. The van der Waals surface area contributed by atoms with E-state index in [9.17, 15) is 14.4 Å². The largest absolute Gasteiger partial charge is 0.459 e. The third-order valence-corrected chi connectivity index (χ3v) is 5.54. The van der Waals surface area contributed by atoms with Crippen LogP contribution in [0.4, 0.5) is 0 Å². The molecule has 1 aliphatic heterocycles. The van der Waals surface area contributed by atoms with Crippen LogP contribution < -0.4 is 5.73 Å². The molecule has 1 amide bonds. The zero-order chi connectivity index (χ0) is 14.7. The quantitative estimate of drug-likeness (QED) is 0.616. The second-order valence-corrected chi connectivity index (χ2v) is 6.60. The normalized spacial score (nSPS) is 41.9. The highest BCUT2D eigenvalue weighted by Crippen LogP contribution is 2.70. The standard InChI is InChI=1S/C15H19NO4/c1-8(12(16)18)5-10(17)7-15-9-3-4-14(2,11(15)6-9)20-13(15)19/h5,9,11H,3-4,6-7H2,1-2H3,(H2,16,18)/b8-5+/t9-,11-,14+,15-/m1/s1. The van der Waals surface area contributed by atoms with E-state index in [0.717, 1.165) is 19.3 Å². The van der Waals surface area contributed by atoms with Gasteiger partial charge < -0.3 is 10.5 Å². The van der Waals surface area contributed by atoms with Crippen LogP contribution in [0.15, 0.2) is 11.6 Å². The predicted octanol–water partition coefficient (Wildman–Crippen LogP) is 1.11. The molecule has 108 valence electrons. The van der Waals surface area contributed by atoms with Gasteiger partial charge in [0.1, 0.15) is 5.60 Å². The number of allylic oxidation sites excluding steroid dienone is 1. The minimum absolute atomic E-state index is 0.140. The molecule has 5 heteroatoms. The van der Waals surface area contributed by atoms with E-state index in [1.807, 2.05) is 6.92 Å². The Hall–Kier alpha value is -1.65. The van der Waals surface area contributed by atoms with Crippen LogP contribution >= 0.6 is 0 Å². The molecule has 20 heavy (non-hydrogen) atoms. The van der Waals surface area contributed by atoms with Gasteiger partial charge in [0.05, 0.1) is 5.41 Å². The van der Waals surface area contributed by atoms with E-state index in [-0.39, 0.29) is 35.6 Å². The topological polar surface area (TPSA) is 86.5 Å². The summed E-state index contributed by atoms with van der Waals surface area (Å²) in [5.41, 5.74) is 4.32. The molecule has 5 nitrogen and oxygen atoms in total. The van der Waals surface area contributed by atoms with Crippen molar-refractivity contribution >= 4 is 17.7 Å². The fourth-order valence-electron chi connectivity index (χ4n) is 4.36. The average molecular weight is 277 g/mol. The van der Waals surface area contributed by atoms with Crippen molar-refractivity contribution in [1.29, 1.82) is 0 Å². The van der Waals surface area contributed by atoms with Crippen molar-refractivity contribution in [3.63, 3.8) is 0 Å². The van der Waals surface area contributed by atoms with Crippen LogP contribution in [-0.2, 0) is 19.1 Å². The zero-order valence-corrected chi connectivity index (χ0v) is 11.8. The molecule has 0 radical (unpaired) electrons. The van der Waals surface area contributed by atoms with Crippen molar-refractivity contribution in [2.45, 2.75) is 45.1 Å². The van der Waals surface area contributed by atoms with Gasteiger partial charge in [-0.3, -0.25) is 14.4 Å². The molecule has 3 saturated carbocycles. The Morgan fingerprint density at radius 3 is 2.80 bits per heavy atom. The number of hydrogen-bond acceptors (Lipinski definition) is 4. The van der Waals surface area contributed by atoms with Gasteiger partial charge in [0, 0.05) is 17.9 Å². The number of esters is 1. The summed E-state index contributed by atoms with van der Waals surface area (Å²) in [6.45, 7) is 3.48. The Labute approximate surface area is 117 Å². The molecule has 2 N–H and O–H groups in total. The van der Waals surface area contributed by atoms with Gasteiger partial charge in [-0.25, -0.2) is 0 Å². The second kappa shape index (κ2) is 3.93. The first-order valence-electron chi connectivity index (χ1n) is 7.04. The number of carbonyl (C=O) groups excluding carboxylic acids is 3. The summed E-state index contributed by atoms with van der Waals surface area (Å²) in [5, 5.41) is 0. The van der Waals surface area contributed by atoms with Crippen molar-refractivity contribution in [1.82, 2.24) is 0 Å². The van der Waals surface area contributed by atoms with Crippen molar-refractivity contribution in [2.24, 2.45) is 23.0 Å². The number of carbonyl (C=O) groups is 3. The van der Waals surface area contributed by atoms with E-state index in [1.165, 1.54) is 13.0 Å². The van der Waals surface area contributed by atoms with E-state index in [1.54, 1.807) is 0 Å². The van der Waals surface area contributed by atoms with Crippen LogP contribution in [0.25, 0.3) is 0 Å². The molecule has 0 aromatic heterocycles. The molecule has 4 aliphatic rings. The maximum atomic E-state index is 12.3. The molecule has 3 aliphatic carbocycles. The SMILES string of the molecule is C/C(=C\C(=O)C[C@@]12C(=O)O[C@@]3(C)CC[C@@H]1C[C@@H]23)C(N)=O. The van der Waals surface area contributed by atoms with Gasteiger partial charge in [-0.1, -0.05) is 0 Å². The molecular formula is C15H19NO4. The minimum Gasteiger partial charge on any atom is -0.459 e. The van der Waals surface area contributed by atoms with E-state index < -0.39 is 16.9 Å². The first kappa shape index (κ1) is 13.3. The van der Waals surface area contributed by atoms with Crippen molar-refractivity contribution in [2.75, 3.05) is 0 Å². The summed E-state index contributed by atoms with van der Waals surface area (Å²) >= 11 is 0. The summed E-state index contributed by atoms with van der Waals surface area (Å²) < 4.78 is 5.58. The first-order valence-corrected chi connectivity index (χ1v) is 7.04. The molecule has 0 aromatic carbocycles. The van der Waals surface area contributed by atoms with Gasteiger partial charge in [0.15, 0.2) is 5.78 Å². The smallest absolute Gasteiger partial charge is 0.313 e. The Kier molecular flexibility index (Phi) is 2.62. The van der Waals surface area contributed by atoms with Crippen LogP contribution in [0.5, 0.6) is 0 Å². The van der Waals surface area contributed by atoms with E-state index >= 15 is 0 Å². The van der Waals surface area contributed by atoms with Crippen LogP contribution in [-0.4, -0.2) is 23.3 Å². The lowest BCUT2D eigenvalue weighted by molar-refractivity contribution is -0.157. The van der Waals surface area contributed by atoms with Gasteiger partial charge in [-0.15, -0.1) is 0 Å². The highest BCUT2D eigenvalue weighted by molar-refractivity contribution is 6.02. The van der Waals surface area contributed by atoms with Gasteiger partial charge in [0.2, 0.25) is 5.91 Å². The summed E-state index contributed by atoms with van der Waals surface area (Å²) in [6.07, 6.45) is 4.19. The van der Waals surface area contributed by atoms with E-state index in [0.29, 0.717) is 0 Å². The number of hydrogen-bond donors (Lipinski definition) is 1. The van der Waals surface area contributed by atoms with Crippen LogP contribution in [0.3, 0.4) is 0 Å². The molecule has 4 fully saturated rings. The van der Waals surface area contributed by atoms with E-state index in [2.05, 4.69) is 0 Å². The number of fused-ring (bicyclic) bond motifs is 1. The summed E-state index contributed by atoms with van der Waals surface area (Å²) in [5.74, 6) is -0.644. The monoisotopic (exact) mass is 277 g/mol. The lowest BCUT2D eigenvalue weighted by Gasteiger charge is -2.56. The Morgan fingerprint density at radius 2 is 2.20 bits per heavy atom. The Balaban J connectivity index is 1.84. The number of amides is 1. The van der Waals surface area contributed by atoms with Gasteiger partial charge >= 0.3 is 5.97 Å². The molecule has 0 aromatic rings. The lowest BCUT2D eigenvalue weighted by atomic mass is 9.43. The predicted molar refractivity (Wildman–Crippen MR) is 70.3 cm³/mol. The average Bonchev–Trinajstić information content (AvgIpc) is 2.43. The summed E-state index contributed by atoms with van der Waals surface area (Å²) in [6, 6.07) is 0. The van der Waals surface area contributed by atoms with Crippen molar-refractivity contribution in [3.05, 3.63) is 11.6 Å². The molecule has 0 spiro atoms. The highest BCUT2D eigenvalue weighted by Gasteiger charge is 2.75. The maximum absolute atomic E-state index is 12.3. The Morgan fingerprint density at radius 1 is 1.50 bits per heavy atom. The van der Waals surface area contributed by atoms with E-state index in [4.69, 9.17) is 10.5 Å². The van der Waals surface area contributed by atoms with Gasteiger partial charge in [0.25, 0.3) is 0 Å². The van der Waals surface area contributed by atoms with Crippen molar-refractivity contribution < 1.29 is 19.1 Å². The molecular weight excluding hydrogens is 258 g/mol. The third-order valence-electron chi connectivity index (χ3n) is 5.54. The van der Waals surface area contributed by atoms with Gasteiger partial charge in [-0.2, -0.15) is 0 Å². The Bertz CT molecular complexity index is 550. The summed E-state index contributed by atoms with van der Waals surface area (Å²) in [4.78, 5) is 35.4. The van der Waals surface area contributed by atoms with Crippen LogP contribution in [0.2, 0.25) is 0 Å². The molecule has 1 saturated heterocycles. The third kappa shape index (κ3) is 1.52. The maximum Gasteiger partial charge on any atom is 0.313 e. The fraction of sp³-hybridized carbons (Fsp3) is 0.667. The number of ketones is 1. The number of ether oxygens (including phenoxy) is 1. The first-order chi connectivity index (χ1) is 9.29. The fourth-order valence-corrected chi connectivity index (χ4v) is 4.36. The molecule has 4 bridgehead atoms. The van der Waals surface area contributed by atoms with Gasteiger partial charge in [-0.05, 0) is 45.1 Å². The molecule has 0 unspecified atom stereocenters. The van der Waals surface area contributed by atoms with Crippen molar-refractivity contribution in [3.8, 4) is 0 Å². The van der Waals surface area contributed by atoms with Crippen LogP contribution in [0.1, 0.15) is 39.5 Å². The van der Waals surface area contributed by atoms with Crippen LogP contribution in [0, 0.1) is 17.3 Å². The molecule has 4 rings (SSSR count). The number of nitrogens with two attached hydrogens (primary N) is 1.